The van der Waals surface area contributed by atoms with Gasteiger partial charge in [0.05, 0.1) is 25.9 Å². The molecule has 0 aromatic rings. The van der Waals surface area contributed by atoms with Crippen molar-refractivity contribution in [1.82, 2.24) is 4.90 Å². The van der Waals surface area contributed by atoms with E-state index in [4.69, 9.17) is 16.3 Å². The van der Waals surface area contributed by atoms with Crippen LogP contribution < -0.4 is 0 Å². The van der Waals surface area contributed by atoms with E-state index in [2.05, 4.69) is 0 Å². The van der Waals surface area contributed by atoms with Crippen LogP contribution in [0.25, 0.3) is 0 Å². The molecule has 66 valence electrons. The van der Waals surface area contributed by atoms with Crippen LogP contribution in [-0.4, -0.2) is 48.3 Å². The minimum absolute atomic E-state index is 0.0750. The lowest BCUT2D eigenvalue weighted by Gasteiger charge is -2.30. The van der Waals surface area contributed by atoms with E-state index in [9.17, 15) is 4.79 Å². The summed E-state index contributed by atoms with van der Waals surface area (Å²) in [5.41, 5.74) is 0. The molecular formula is C8H11NO3. The van der Waals surface area contributed by atoms with E-state index in [1.807, 2.05) is 5.92 Å². The summed E-state index contributed by atoms with van der Waals surface area (Å²) >= 11 is 0. The molecule has 1 saturated heterocycles. The summed E-state index contributed by atoms with van der Waals surface area (Å²) in [6.07, 6.45) is 4.66. The van der Waals surface area contributed by atoms with Crippen molar-refractivity contribution in [2.45, 2.75) is 6.10 Å². The maximum absolute atomic E-state index is 11.0. The highest BCUT2D eigenvalue weighted by atomic mass is 16.5. The fourth-order valence-corrected chi connectivity index (χ4v) is 1.11. The number of ether oxygens (including phenoxy) is 1. The number of nitrogens with zero attached hydrogens (tertiary/aromatic N) is 1. The highest BCUT2D eigenvalue weighted by molar-refractivity contribution is 5.92. The Morgan fingerprint density at radius 1 is 1.83 bits per heavy atom. The molecule has 4 nitrogen and oxygen atoms in total. The Morgan fingerprint density at radius 3 is 3.17 bits per heavy atom. The Kier molecular flexibility index (Phi) is 3.09. The average Bonchev–Trinajstić information content (AvgIpc) is 2.17. The lowest BCUT2D eigenvalue weighted by atomic mass is 10.3. The van der Waals surface area contributed by atoms with E-state index < -0.39 is 0 Å². The van der Waals surface area contributed by atoms with Crippen LogP contribution in [0.4, 0.5) is 0 Å². The summed E-state index contributed by atoms with van der Waals surface area (Å²) in [5.74, 6) is 1.69. The first kappa shape index (κ1) is 9.04. The van der Waals surface area contributed by atoms with Gasteiger partial charge in [-0.1, -0.05) is 0 Å². The number of carbonyl (C=O) groups excluding carboxylic acids is 1. The maximum Gasteiger partial charge on any atom is 0.298 e. The predicted molar refractivity (Wildman–Crippen MR) is 42.2 cm³/mol. The number of hydrogen-bond donors (Lipinski definition) is 1. The minimum Gasteiger partial charge on any atom is -0.394 e. The van der Waals surface area contributed by atoms with Crippen molar-refractivity contribution in [3.63, 3.8) is 0 Å². The molecule has 0 spiro atoms. The molecule has 1 N–H and O–H groups in total. The van der Waals surface area contributed by atoms with Gasteiger partial charge in [0.1, 0.15) is 0 Å². The molecule has 4 heteroatoms. The Balaban J connectivity index is 2.47. The normalized spacial score (nSPS) is 23.3. The smallest absolute Gasteiger partial charge is 0.298 e. The molecule has 12 heavy (non-hydrogen) atoms. The van der Waals surface area contributed by atoms with Crippen molar-refractivity contribution in [2.24, 2.45) is 0 Å². The van der Waals surface area contributed by atoms with Crippen LogP contribution in [0.1, 0.15) is 0 Å². The van der Waals surface area contributed by atoms with Crippen molar-refractivity contribution in [3.8, 4) is 12.3 Å². The highest BCUT2D eigenvalue weighted by Gasteiger charge is 2.22. The first-order chi connectivity index (χ1) is 5.77. The zero-order valence-electron chi connectivity index (χ0n) is 6.69. The molecule has 0 aliphatic carbocycles. The van der Waals surface area contributed by atoms with E-state index >= 15 is 0 Å². The van der Waals surface area contributed by atoms with Gasteiger partial charge in [-0.3, -0.25) is 4.79 Å². The van der Waals surface area contributed by atoms with Gasteiger partial charge >= 0.3 is 0 Å². The van der Waals surface area contributed by atoms with Gasteiger partial charge in [-0.15, -0.1) is 6.42 Å². The van der Waals surface area contributed by atoms with Crippen LogP contribution in [0.5, 0.6) is 0 Å². The summed E-state index contributed by atoms with van der Waals surface area (Å²) in [5, 5.41) is 8.75. The van der Waals surface area contributed by atoms with E-state index in [1.165, 1.54) is 4.90 Å². The summed E-state index contributed by atoms with van der Waals surface area (Å²) in [6, 6.07) is 0. The van der Waals surface area contributed by atoms with Gasteiger partial charge in [-0.05, 0) is 5.92 Å². The first-order valence-electron chi connectivity index (χ1n) is 3.76. The third-order valence-corrected chi connectivity index (χ3v) is 1.75. The average molecular weight is 169 g/mol. The highest BCUT2D eigenvalue weighted by Crippen LogP contribution is 2.03. The lowest BCUT2D eigenvalue weighted by molar-refractivity contribution is -0.134. The molecule has 1 unspecified atom stereocenters. The number of amides is 1. The van der Waals surface area contributed by atoms with Crippen molar-refractivity contribution < 1.29 is 14.6 Å². The van der Waals surface area contributed by atoms with Gasteiger partial charge in [0.2, 0.25) is 0 Å². The first-order valence-corrected chi connectivity index (χ1v) is 3.76. The standard InChI is InChI=1S/C8H11NO3/c1-2-8(11)9-3-4-12-7(5-9)6-10/h1,7,10H,3-6H2. The van der Waals surface area contributed by atoms with E-state index in [0.29, 0.717) is 19.7 Å². The zero-order chi connectivity index (χ0) is 8.97. The SMILES string of the molecule is C#CC(=O)N1CCOC(CO)C1. The molecule has 0 bridgehead atoms. The van der Waals surface area contributed by atoms with Crippen molar-refractivity contribution in [2.75, 3.05) is 26.3 Å². The quantitative estimate of drug-likeness (QED) is 0.504. The van der Waals surface area contributed by atoms with Gasteiger partial charge in [0.25, 0.3) is 5.91 Å². The summed E-state index contributed by atoms with van der Waals surface area (Å²) in [4.78, 5) is 12.5. The largest absolute Gasteiger partial charge is 0.394 e. The zero-order valence-corrected chi connectivity index (χ0v) is 6.69. The van der Waals surface area contributed by atoms with Crippen LogP contribution in [-0.2, 0) is 9.53 Å². The summed E-state index contributed by atoms with van der Waals surface area (Å²) in [7, 11) is 0. The fraction of sp³-hybridized carbons (Fsp3) is 0.625. The molecule has 1 aliphatic heterocycles. The molecular weight excluding hydrogens is 158 g/mol. The Hall–Kier alpha value is -1.05. The molecule has 1 amide bonds. The van der Waals surface area contributed by atoms with Gasteiger partial charge in [0, 0.05) is 6.54 Å². The van der Waals surface area contributed by atoms with Crippen molar-refractivity contribution in [1.29, 1.82) is 0 Å². The molecule has 0 aromatic carbocycles. The molecule has 0 radical (unpaired) electrons. The van der Waals surface area contributed by atoms with Crippen molar-refractivity contribution in [3.05, 3.63) is 0 Å². The van der Waals surface area contributed by atoms with Gasteiger partial charge in [-0.25, -0.2) is 0 Å². The predicted octanol–water partition coefficient (Wildman–Crippen LogP) is -1.16. The Labute approximate surface area is 71.1 Å². The van der Waals surface area contributed by atoms with E-state index in [-0.39, 0.29) is 18.6 Å². The fourth-order valence-electron chi connectivity index (χ4n) is 1.11. The molecule has 1 rings (SSSR count). The number of terminal acetylenes is 1. The lowest BCUT2D eigenvalue weighted by Crippen LogP contribution is -2.46. The molecule has 1 fully saturated rings. The van der Waals surface area contributed by atoms with Crippen LogP contribution in [0.3, 0.4) is 0 Å². The topological polar surface area (TPSA) is 49.8 Å². The van der Waals surface area contributed by atoms with Crippen LogP contribution in [0.15, 0.2) is 0 Å². The number of aliphatic hydroxyl groups is 1. The number of rotatable bonds is 1. The number of aliphatic hydroxyl groups excluding tert-OH is 1. The molecule has 0 aromatic heterocycles. The second-order valence-electron chi connectivity index (χ2n) is 2.57. The monoisotopic (exact) mass is 169 g/mol. The van der Waals surface area contributed by atoms with Gasteiger partial charge < -0.3 is 14.7 Å². The Bertz CT molecular complexity index is 209. The van der Waals surface area contributed by atoms with Gasteiger partial charge in [-0.2, -0.15) is 0 Å². The third-order valence-electron chi connectivity index (χ3n) is 1.75. The maximum atomic E-state index is 11.0. The van der Waals surface area contributed by atoms with Crippen LogP contribution in [0.2, 0.25) is 0 Å². The van der Waals surface area contributed by atoms with Crippen LogP contribution >= 0.6 is 0 Å². The molecule has 1 atom stereocenters. The second kappa shape index (κ2) is 4.10. The molecule has 1 aliphatic rings. The van der Waals surface area contributed by atoms with Crippen LogP contribution in [0, 0.1) is 12.3 Å². The van der Waals surface area contributed by atoms with E-state index in [0.717, 1.165) is 0 Å². The molecule has 0 saturated carbocycles. The minimum atomic E-state index is -0.336. The summed E-state index contributed by atoms with van der Waals surface area (Å²) in [6.45, 7) is 1.27. The number of morpholine rings is 1. The van der Waals surface area contributed by atoms with Crippen molar-refractivity contribution >= 4 is 5.91 Å². The summed E-state index contributed by atoms with van der Waals surface area (Å²) < 4.78 is 5.14. The third kappa shape index (κ3) is 1.97. The van der Waals surface area contributed by atoms with E-state index in [1.54, 1.807) is 0 Å². The number of hydrogen-bond acceptors (Lipinski definition) is 3. The second-order valence-corrected chi connectivity index (χ2v) is 2.57. The van der Waals surface area contributed by atoms with Gasteiger partial charge in [0.15, 0.2) is 0 Å². The molecule has 1 heterocycles. The Morgan fingerprint density at radius 2 is 2.58 bits per heavy atom. The number of carbonyl (C=O) groups is 1.